The Bertz CT molecular complexity index is 854. The van der Waals surface area contributed by atoms with Gasteiger partial charge in [0, 0.05) is 19.1 Å². The lowest BCUT2D eigenvalue weighted by atomic mass is 10.1. The number of para-hydroxylation sites is 1. The average molecular weight is 502 g/mol. The van der Waals surface area contributed by atoms with Gasteiger partial charge in [-0.3, -0.25) is 4.79 Å². The molecule has 0 saturated carbocycles. The third kappa shape index (κ3) is 11.0. The summed E-state index contributed by atoms with van der Waals surface area (Å²) in [5.41, 5.74) is 1.80. The van der Waals surface area contributed by atoms with Gasteiger partial charge in [0.05, 0.1) is 23.9 Å². The number of unbranched alkanes of at least 4 members (excludes halogenated alkanes) is 11. The Morgan fingerprint density at radius 3 is 1.97 bits per heavy atom. The Labute approximate surface area is 218 Å². The van der Waals surface area contributed by atoms with Crippen LogP contribution in [0.4, 0.5) is 5.69 Å². The van der Waals surface area contributed by atoms with Gasteiger partial charge in [0.1, 0.15) is 6.54 Å². The first-order valence-corrected chi connectivity index (χ1v) is 14.1. The number of rotatable bonds is 18. The van der Waals surface area contributed by atoms with E-state index in [1.54, 1.807) is 11.8 Å². The van der Waals surface area contributed by atoms with Gasteiger partial charge in [-0.15, -0.1) is 0 Å². The van der Waals surface area contributed by atoms with E-state index in [0.717, 1.165) is 30.6 Å². The summed E-state index contributed by atoms with van der Waals surface area (Å²) in [6.07, 6.45) is 19.8. The number of amides is 1. The van der Waals surface area contributed by atoms with Crippen molar-refractivity contribution in [3.8, 4) is 5.75 Å². The van der Waals surface area contributed by atoms with Crippen LogP contribution in [-0.2, 0) is 17.9 Å². The van der Waals surface area contributed by atoms with Crippen LogP contribution in [0.25, 0.3) is 0 Å². The van der Waals surface area contributed by atoms with Crippen LogP contribution in [0, 0.1) is 0 Å². The Balaban J connectivity index is 1.78. The lowest BCUT2D eigenvalue weighted by Gasteiger charge is -2.24. The number of anilines is 1. The molecule has 35 heavy (non-hydrogen) atoms. The molecule has 1 heterocycles. The maximum Gasteiger partial charge on any atom is 0.224 e. The van der Waals surface area contributed by atoms with Gasteiger partial charge in [0.15, 0.2) is 18.1 Å². The summed E-state index contributed by atoms with van der Waals surface area (Å²) in [7, 11) is 0. The second-order valence-corrected chi connectivity index (χ2v) is 9.87. The molecule has 4 nitrogen and oxygen atoms in total. The number of hydrogen-bond donors (Lipinski definition) is 0. The summed E-state index contributed by atoms with van der Waals surface area (Å²) in [6.45, 7) is 7.98. The maximum atomic E-state index is 12.5. The molecule has 0 aliphatic heterocycles. The number of aromatic nitrogens is 1. The molecule has 2 aromatic rings. The van der Waals surface area contributed by atoms with Crippen LogP contribution < -0.4 is 14.2 Å². The molecule has 0 radical (unpaired) electrons. The fourth-order valence-electron chi connectivity index (χ4n) is 4.32. The van der Waals surface area contributed by atoms with Crippen molar-refractivity contribution in [2.75, 3.05) is 11.5 Å². The number of benzene rings is 1. The molecule has 0 aliphatic rings. The van der Waals surface area contributed by atoms with Crippen LogP contribution in [0.5, 0.6) is 5.75 Å². The second kappa shape index (κ2) is 17.4. The lowest BCUT2D eigenvalue weighted by Crippen LogP contribution is -2.32. The number of halogens is 1. The van der Waals surface area contributed by atoms with Crippen LogP contribution in [0.1, 0.15) is 103 Å². The number of pyridine rings is 1. The summed E-state index contributed by atoms with van der Waals surface area (Å²) >= 11 is 6.51. The standard InChI is InChI=1S/C30H46ClN2O2/c1-4-6-7-8-9-10-11-12-13-14-15-16-24-35-30-28(31)18-17-19-29(30)33(26(3)34)25-27-20-22-32(5-2)23-21-27/h17-23H,4-16,24-25H2,1-3H3/q+1. The molecule has 0 bridgehead atoms. The number of nitrogens with zero attached hydrogens (tertiary/aromatic N) is 2. The van der Waals surface area contributed by atoms with E-state index in [0.29, 0.717) is 23.9 Å². The van der Waals surface area contributed by atoms with E-state index in [2.05, 4.69) is 30.5 Å². The molecule has 1 aromatic carbocycles. The van der Waals surface area contributed by atoms with Crippen molar-refractivity contribution in [1.29, 1.82) is 0 Å². The van der Waals surface area contributed by atoms with Crippen molar-refractivity contribution < 1.29 is 14.1 Å². The Kier molecular flexibility index (Phi) is 14.5. The normalized spacial score (nSPS) is 11.0. The highest BCUT2D eigenvalue weighted by atomic mass is 35.5. The highest BCUT2D eigenvalue weighted by Gasteiger charge is 2.19. The molecule has 0 saturated heterocycles. The molecule has 0 aliphatic carbocycles. The monoisotopic (exact) mass is 501 g/mol. The highest BCUT2D eigenvalue weighted by molar-refractivity contribution is 6.32. The first-order chi connectivity index (χ1) is 17.1. The van der Waals surface area contributed by atoms with Crippen molar-refractivity contribution in [2.24, 2.45) is 0 Å². The summed E-state index contributed by atoms with van der Waals surface area (Å²) in [5.74, 6) is 0.571. The van der Waals surface area contributed by atoms with Gasteiger partial charge in [0.25, 0.3) is 0 Å². The molecule has 0 unspecified atom stereocenters. The van der Waals surface area contributed by atoms with E-state index in [9.17, 15) is 4.79 Å². The Hall–Kier alpha value is -2.07. The number of hydrogen-bond acceptors (Lipinski definition) is 2. The van der Waals surface area contributed by atoms with Crippen LogP contribution in [0.15, 0.2) is 42.7 Å². The Morgan fingerprint density at radius 2 is 1.43 bits per heavy atom. The minimum Gasteiger partial charge on any atom is -0.490 e. The zero-order chi connectivity index (χ0) is 25.3. The van der Waals surface area contributed by atoms with Crippen molar-refractivity contribution in [3.63, 3.8) is 0 Å². The zero-order valence-corrected chi connectivity index (χ0v) is 23.0. The van der Waals surface area contributed by atoms with E-state index in [-0.39, 0.29) is 5.91 Å². The van der Waals surface area contributed by atoms with E-state index < -0.39 is 0 Å². The molecule has 2 rings (SSSR count). The lowest BCUT2D eigenvalue weighted by molar-refractivity contribution is -0.693. The van der Waals surface area contributed by atoms with Crippen molar-refractivity contribution in [3.05, 3.63) is 53.3 Å². The van der Waals surface area contributed by atoms with E-state index in [1.165, 1.54) is 64.2 Å². The average Bonchev–Trinajstić information content (AvgIpc) is 2.86. The molecule has 5 heteroatoms. The van der Waals surface area contributed by atoms with Crippen LogP contribution >= 0.6 is 11.6 Å². The smallest absolute Gasteiger partial charge is 0.224 e. The fraction of sp³-hybridized carbons (Fsp3) is 0.600. The molecule has 1 amide bonds. The second-order valence-electron chi connectivity index (χ2n) is 9.47. The third-order valence-corrected chi connectivity index (χ3v) is 6.83. The molecule has 0 N–H and O–H groups in total. The molecule has 1 aromatic heterocycles. The third-order valence-electron chi connectivity index (χ3n) is 6.53. The molecule has 0 spiro atoms. The quantitative estimate of drug-likeness (QED) is 0.152. The van der Waals surface area contributed by atoms with Crippen LogP contribution in [0.2, 0.25) is 5.02 Å². The number of carbonyl (C=O) groups excluding carboxylic acids is 1. The van der Waals surface area contributed by atoms with E-state index >= 15 is 0 Å². The molecule has 0 atom stereocenters. The van der Waals surface area contributed by atoms with Gasteiger partial charge in [-0.2, -0.15) is 0 Å². The molecular formula is C30H46ClN2O2+. The minimum atomic E-state index is -0.0327. The first kappa shape index (κ1) is 29.2. The maximum absolute atomic E-state index is 12.5. The zero-order valence-electron chi connectivity index (χ0n) is 22.2. The highest BCUT2D eigenvalue weighted by Crippen LogP contribution is 2.36. The first-order valence-electron chi connectivity index (χ1n) is 13.7. The number of ether oxygens (including phenoxy) is 1. The summed E-state index contributed by atoms with van der Waals surface area (Å²) in [5, 5.41) is 0.546. The van der Waals surface area contributed by atoms with Crippen molar-refractivity contribution >= 4 is 23.2 Å². The van der Waals surface area contributed by atoms with Gasteiger partial charge < -0.3 is 9.64 Å². The molecule has 0 fully saturated rings. The van der Waals surface area contributed by atoms with Crippen LogP contribution in [0.3, 0.4) is 0 Å². The van der Waals surface area contributed by atoms with E-state index in [4.69, 9.17) is 16.3 Å². The predicted molar refractivity (Wildman–Crippen MR) is 147 cm³/mol. The van der Waals surface area contributed by atoms with Gasteiger partial charge in [-0.25, -0.2) is 4.57 Å². The van der Waals surface area contributed by atoms with Gasteiger partial charge in [-0.05, 0) is 31.0 Å². The summed E-state index contributed by atoms with van der Waals surface area (Å²) in [6, 6.07) is 9.72. The molecule has 194 valence electrons. The topological polar surface area (TPSA) is 33.4 Å². The Morgan fingerprint density at radius 1 is 0.857 bits per heavy atom. The van der Waals surface area contributed by atoms with Gasteiger partial charge >= 0.3 is 0 Å². The van der Waals surface area contributed by atoms with Crippen molar-refractivity contribution in [1.82, 2.24) is 0 Å². The fourth-order valence-corrected chi connectivity index (χ4v) is 4.55. The minimum absolute atomic E-state index is 0.0327. The van der Waals surface area contributed by atoms with Crippen molar-refractivity contribution in [2.45, 2.75) is 111 Å². The number of carbonyl (C=O) groups is 1. The van der Waals surface area contributed by atoms with Gasteiger partial charge in [0.2, 0.25) is 5.91 Å². The van der Waals surface area contributed by atoms with E-state index in [1.807, 2.05) is 30.6 Å². The largest absolute Gasteiger partial charge is 0.490 e. The summed E-state index contributed by atoms with van der Waals surface area (Å²) < 4.78 is 8.24. The summed E-state index contributed by atoms with van der Waals surface area (Å²) in [4.78, 5) is 14.3. The number of aryl methyl sites for hydroxylation is 1. The SMILES string of the molecule is CCCCCCCCCCCCCCOc1c(Cl)cccc1N(Cc1cc[n+](CC)cc1)C(C)=O. The predicted octanol–water partition coefficient (Wildman–Crippen LogP) is 8.28. The van der Waals surface area contributed by atoms with Crippen LogP contribution in [-0.4, -0.2) is 12.5 Å². The molecular weight excluding hydrogens is 456 g/mol. The van der Waals surface area contributed by atoms with Gasteiger partial charge in [-0.1, -0.05) is 95.2 Å².